The molecule has 7 nitrogen and oxygen atoms in total. The first-order valence-electron chi connectivity index (χ1n) is 6.44. The number of rotatable bonds is 2. The van der Waals surface area contributed by atoms with Gasteiger partial charge in [-0.05, 0) is 13.1 Å². The maximum atomic E-state index is 12.4. The van der Waals surface area contributed by atoms with E-state index in [1.165, 1.54) is 12.1 Å². The van der Waals surface area contributed by atoms with Gasteiger partial charge < -0.3 is 20.5 Å². The van der Waals surface area contributed by atoms with Crippen molar-refractivity contribution in [1.29, 1.82) is 0 Å². The van der Waals surface area contributed by atoms with Crippen molar-refractivity contribution in [2.24, 2.45) is 11.7 Å². The lowest BCUT2D eigenvalue weighted by Crippen LogP contribution is -2.40. The van der Waals surface area contributed by atoms with E-state index in [0.717, 1.165) is 0 Å². The second-order valence-corrected chi connectivity index (χ2v) is 5.04. The van der Waals surface area contributed by atoms with Crippen molar-refractivity contribution in [3.63, 3.8) is 0 Å². The molecule has 0 unspecified atom stereocenters. The number of amides is 2. The second kappa shape index (κ2) is 5.87. The topological polar surface area (TPSA) is 99.5 Å². The Bertz CT molecular complexity index is 569. The van der Waals surface area contributed by atoms with Gasteiger partial charge in [0, 0.05) is 32.2 Å². The van der Waals surface area contributed by atoms with E-state index in [9.17, 15) is 14.4 Å². The van der Waals surface area contributed by atoms with Gasteiger partial charge in [-0.3, -0.25) is 14.4 Å². The molecule has 0 aromatic carbocycles. The number of primary amides is 1. The van der Waals surface area contributed by atoms with Crippen LogP contribution in [0.15, 0.2) is 23.0 Å². The highest BCUT2D eigenvalue weighted by molar-refractivity contribution is 5.92. The van der Waals surface area contributed by atoms with Crippen molar-refractivity contribution in [2.75, 3.05) is 33.2 Å². The first-order valence-corrected chi connectivity index (χ1v) is 6.44. The summed E-state index contributed by atoms with van der Waals surface area (Å²) in [6.07, 6.45) is 0. The fourth-order valence-electron chi connectivity index (χ4n) is 2.28. The number of carbonyl (C=O) groups is 2. The number of aromatic amines is 1. The highest BCUT2D eigenvalue weighted by Gasteiger charge is 2.28. The van der Waals surface area contributed by atoms with E-state index in [1.54, 1.807) is 11.0 Å². The van der Waals surface area contributed by atoms with Crippen molar-refractivity contribution in [3.05, 3.63) is 34.2 Å². The molecule has 1 aromatic rings. The van der Waals surface area contributed by atoms with Crippen LogP contribution in [0.1, 0.15) is 10.5 Å². The van der Waals surface area contributed by atoms with Crippen molar-refractivity contribution in [1.82, 2.24) is 14.8 Å². The van der Waals surface area contributed by atoms with Gasteiger partial charge in [0.2, 0.25) is 11.5 Å². The fraction of sp³-hybridized carbons (Fsp3) is 0.462. The van der Waals surface area contributed by atoms with Crippen LogP contribution in [0.25, 0.3) is 0 Å². The summed E-state index contributed by atoms with van der Waals surface area (Å²) in [6.45, 7) is 1.96. The Morgan fingerprint density at radius 3 is 2.70 bits per heavy atom. The lowest BCUT2D eigenvalue weighted by molar-refractivity contribution is -0.122. The van der Waals surface area contributed by atoms with Crippen molar-refractivity contribution >= 4 is 11.8 Å². The number of H-pyrrole nitrogens is 1. The maximum absolute atomic E-state index is 12.4. The van der Waals surface area contributed by atoms with E-state index in [-0.39, 0.29) is 23.7 Å². The quantitative estimate of drug-likeness (QED) is 0.714. The highest BCUT2D eigenvalue weighted by atomic mass is 16.2. The van der Waals surface area contributed by atoms with Crippen LogP contribution >= 0.6 is 0 Å². The lowest BCUT2D eigenvalue weighted by Gasteiger charge is -2.22. The molecule has 1 fully saturated rings. The molecule has 2 amide bonds. The molecule has 0 spiro atoms. The Balaban J connectivity index is 2.20. The summed E-state index contributed by atoms with van der Waals surface area (Å²) >= 11 is 0. The zero-order valence-electron chi connectivity index (χ0n) is 11.3. The number of nitrogens with one attached hydrogen (secondary N) is 1. The highest BCUT2D eigenvalue weighted by Crippen LogP contribution is 2.10. The van der Waals surface area contributed by atoms with Crippen LogP contribution < -0.4 is 11.3 Å². The van der Waals surface area contributed by atoms with Crippen LogP contribution in [-0.2, 0) is 4.79 Å². The van der Waals surface area contributed by atoms with E-state index in [2.05, 4.69) is 4.98 Å². The third-order valence-electron chi connectivity index (χ3n) is 3.41. The molecule has 20 heavy (non-hydrogen) atoms. The lowest BCUT2D eigenvalue weighted by atomic mass is 10.1. The number of pyridine rings is 1. The Hall–Kier alpha value is -2.15. The molecule has 2 heterocycles. The van der Waals surface area contributed by atoms with Gasteiger partial charge in [0.15, 0.2) is 0 Å². The zero-order valence-corrected chi connectivity index (χ0v) is 11.3. The summed E-state index contributed by atoms with van der Waals surface area (Å²) in [4.78, 5) is 41.1. The summed E-state index contributed by atoms with van der Waals surface area (Å²) in [5, 5.41) is 0. The molecule has 0 saturated carbocycles. The molecule has 7 heteroatoms. The van der Waals surface area contributed by atoms with Gasteiger partial charge >= 0.3 is 0 Å². The summed E-state index contributed by atoms with van der Waals surface area (Å²) in [5.74, 6) is -1.11. The molecule has 1 atom stereocenters. The van der Waals surface area contributed by atoms with E-state index in [4.69, 9.17) is 5.73 Å². The smallest absolute Gasteiger partial charge is 0.270 e. The summed E-state index contributed by atoms with van der Waals surface area (Å²) in [5.41, 5.74) is 5.26. The van der Waals surface area contributed by atoms with Gasteiger partial charge in [-0.2, -0.15) is 0 Å². The number of nitrogens with zero attached hydrogens (tertiary/aromatic N) is 2. The number of nitrogens with two attached hydrogens (primary N) is 1. The molecular weight excluding hydrogens is 260 g/mol. The Labute approximate surface area is 116 Å². The van der Waals surface area contributed by atoms with Gasteiger partial charge in [-0.1, -0.05) is 6.07 Å². The average Bonchev–Trinajstić information content (AvgIpc) is 2.60. The predicted octanol–water partition coefficient (Wildman–Crippen LogP) is -1.14. The second-order valence-electron chi connectivity index (χ2n) is 5.04. The zero-order chi connectivity index (χ0) is 14.7. The van der Waals surface area contributed by atoms with Gasteiger partial charge in [0.1, 0.15) is 5.69 Å². The summed E-state index contributed by atoms with van der Waals surface area (Å²) in [7, 11) is 1.88. The Morgan fingerprint density at radius 1 is 1.30 bits per heavy atom. The van der Waals surface area contributed by atoms with Gasteiger partial charge in [0.05, 0.1) is 5.92 Å². The molecule has 0 bridgehead atoms. The Morgan fingerprint density at radius 2 is 2.05 bits per heavy atom. The van der Waals surface area contributed by atoms with E-state index >= 15 is 0 Å². The molecule has 3 N–H and O–H groups in total. The minimum atomic E-state index is -0.418. The van der Waals surface area contributed by atoms with Crippen molar-refractivity contribution < 1.29 is 9.59 Å². The maximum Gasteiger partial charge on any atom is 0.270 e. The van der Waals surface area contributed by atoms with Gasteiger partial charge in [-0.25, -0.2) is 0 Å². The standard InChI is InChI=1S/C13H18N4O3/c1-16-5-6-17(8-9(7-16)12(14)19)13(20)10-3-2-4-11(18)15-10/h2-4,9H,5-8H2,1H3,(H2,14,19)(H,15,18)/t9-/m1/s1. The number of likely N-dealkylation sites (N-methyl/N-ethyl adjacent to an activating group) is 1. The molecular formula is C13H18N4O3. The van der Waals surface area contributed by atoms with Crippen LogP contribution in [0.3, 0.4) is 0 Å². The molecule has 0 radical (unpaired) electrons. The number of hydrogen-bond acceptors (Lipinski definition) is 4. The predicted molar refractivity (Wildman–Crippen MR) is 73.1 cm³/mol. The first kappa shape index (κ1) is 14.3. The van der Waals surface area contributed by atoms with Crippen molar-refractivity contribution in [3.8, 4) is 0 Å². The summed E-state index contributed by atoms with van der Waals surface area (Å²) < 4.78 is 0. The van der Waals surface area contributed by atoms with Gasteiger partial charge in [-0.15, -0.1) is 0 Å². The molecule has 1 aliphatic rings. The molecule has 1 saturated heterocycles. The monoisotopic (exact) mass is 278 g/mol. The summed E-state index contributed by atoms with van der Waals surface area (Å²) in [6, 6.07) is 4.43. The van der Waals surface area contributed by atoms with Crippen LogP contribution in [0.4, 0.5) is 0 Å². The fourth-order valence-corrected chi connectivity index (χ4v) is 2.28. The van der Waals surface area contributed by atoms with Crippen molar-refractivity contribution in [2.45, 2.75) is 0 Å². The van der Waals surface area contributed by atoms with Crippen LogP contribution in [0, 0.1) is 5.92 Å². The van der Waals surface area contributed by atoms with Gasteiger partial charge in [0.25, 0.3) is 5.91 Å². The van der Waals surface area contributed by atoms with Crippen LogP contribution in [0.2, 0.25) is 0 Å². The SMILES string of the molecule is CN1CCN(C(=O)c2cccc(=O)[nH]2)C[C@H](C(N)=O)C1. The van der Waals surface area contributed by atoms with E-state index in [1.807, 2.05) is 11.9 Å². The molecule has 0 aliphatic carbocycles. The minimum Gasteiger partial charge on any atom is -0.369 e. The van der Waals surface area contributed by atoms with E-state index < -0.39 is 11.8 Å². The van der Waals surface area contributed by atoms with Crippen LogP contribution in [0.5, 0.6) is 0 Å². The average molecular weight is 278 g/mol. The number of hydrogen-bond donors (Lipinski definition) is 2. The number of carbonyl (C=O) groups excluding carboxylic acids is 2. The van der Waals surface area contributed by atoms with E-state index in [0.29, 0.717) is 19.6 Å². The Kier molecular flexibility index (Phi) is 4.19. The molecule has 1 aromatic heterocycles. The molecule has 1 aliphatic heterocycles. The third kappa shape index (κ3) is 3.24. The third-order valence-corrected chi connectivity index (χ3v) is 3.41. The first-order chi connectivity index (χ1) is 9.47. The molecule has 2 rings (SSSR count). The largest absolute Gasteiger partial charge is 0.369 e. The number of aromatic nitrogens is 1. The van der Waals surface area contributed by atoms with Crippen LogP contribution in [-0.4, -0.2) is 59.8 Å². The normalized spacial score (nSPS) is 20.4. The minimum absolute atomic E-state index is 0.227. The molecule has 108 valence electrons.